The number of ether oxygens (including phenoxy) is 2. The van der Waals surface area contributed by atoms with Crippen molar-refractivity contribution < 1.29 is 9.47 Å². The Morgan fingerprint density at radius 3 is 2.75 bits per heavy atom. The van der Waals surface area contributed by atoms with Gasteiger partial charge >= 0.3 is 0 Å². The summed E-state index contributed by atoms with van der Waals surface area (Å²) >= 11 is 0. The van der Waals surface area contributed by atoms with E-state index < -0.39 is 0 Å². The van der Waals surface area contributed by atoms with E-state index in [0.717, 1.165) is 36.4 Å². The fraction of sp³-hybridized carbons (Fsp3) is 0.526. The summed E-state index contributed by atoms with van der Waals surface area (Å²) in [4.78, 5) is 4.55. The fourth-order valence-electron chi connectivity index (χ4n) is 2.74. The van der Waals surface area contributed by atoms with E-state index in [-0.39, 0.29) is 0 Å². The molecule has 24 heavy (non-hydrogen) atoms. The average Bonchev–Trinajstić information content (AvgIpc) is 3.10. The van der Waals surface area contributed by atoms with Gasteiger partial charge in [0.15, 0.2) is 17.5 Å². The second-order valence-electron chi connectivity index (χ2n) is 5.76. The lowest BCUT2D eigenvalue weighted by atomic mass is 10.2. The second kappa shape index (κ2) is 9.71. The Kier molecular flexibility index (Phi) is 7.28. The minimum Gasteiger partial charge on any atom is -0.493 e. The number of hydrogen-bond donors (Lipinski definition) is 2. The Balaban J connectivity index is 2.07. The zero-order valence-corrected chi connectivity index (χ0v) is 14.6. The van der Waals surface area contributed by atoms with Crippen LogP contribution in [0.1, 0.15) is 38.2 Å². The molecule has 1 fully saturated rings. The van der Waals surface area contributed by atoms with Gasteiger partial charge in [-0.3, -0.25) is 0 Å². The first kappa shape index (κ1) is 18.0. The molecule has 5 heteroatoms. The standard InChI is InChI=1S/C19H27N3O2/c1-4-12-21-19(20-5-2)22-14-15-10-11-17(23-3)18(13-15)24-16-8-6-7-9-16/h1,10-11,13,16H,5-9,12,14H2,2-3H3,(H2,20,21,22). The van der Waals surface area contributed by atoms with Gasteiger partial charge in [-0.2, -0.15) is 0 Å². The molecular weight excluding hydrogens is 302 g/mol. The molecule has 2 N–H and O–H groups in total. The molecule has 0 spiro atoms. The molecule has 0 unspecified atom stereocenters. The smallest absolute Gasteiger partial charge is 0.192 e. The van der Waals surface area contributed by atoms with Crippen LogP contribution in [0.3, 0.4) is 0 Å². The molecular formula is C19H27N3O2. The Labute approximate surface area is 144 Å². The van der Waals surface area contributed by atoms with Gasteiger partial charge in [0.05, 0.1) is 26.3 Å². The van der Waals surface area contributed by atoms with Crippen LogP contribution in [-0.4, -0.2) is 32.3 Å². The van der Waals surface area contributed by atoms with Crippen molar-refractivity contribution in [3.05, 3.63) is 23.8 Å². The first-order chi connectivity index (χ1) is 11.8. The maximum absolute atomic E-state index is 6.13. The zero-order valence-electron chi connectivity index (χ0n) is 14.6. The van der Waals surface area contributed by atoms with Crippen LogP contribution in [0.2, 0.25) is 0 Å². The molecule has 0 amide bonds. The highest BCUT2D eigenvalue weighted by molar-refractivity contribution is 5.80. The van der Waals surface area contributed by atoms with Crippen LogP contribution in [0.25, 0.3) is 0 Å². The molecule has 2 rings (SSSR count). The van der Waals surface area contributed by atoms with Crippen molar-refractivity contribution in [2.45, 2.75) is 45.3 Å². The summed E-state index contributed by atoms with van der Waals surface area (Å²) in [6.07, 6.45) is 10.3. The summed E-state index contributed by atoms with van der Waals surface area (Å²) in [5, 5.41) is 6.25. The summed E-state index contributed by atoms with van der Waals surface area (Å²) in [6.45, 7) is 3.80. The molecule has 0 bridgehead atoms. The first-order valence-corrected chi connectivity index (χ1v) is 8.56. The normalized spacial score (nSPS) is 15.0. The molecule has 0 radical (unpaired) electrons. The number of guanidine groups is 1. The van der Waals surface area contributed by atoms with E-state index in [2.05, 4.69) is 21.5 Å². The number of methoxy groups -OCH3 is 1. The van der Waals surface area contributed by atoms with Crippen molar-refractivity contribution in [2.75, 3.05) is 20.2 Å². The van der Waals surface area contributed by atoms with Crippen molar-refractivity contribution in [1.82, 2.24) is 10.6 Å². The first-order valence-electron chi connectivity index (χ1n) is 8.56. The lowest BCUT2D eigenvalue weighted by Crippen LogP contribution is -2.37. The molecule has 0 aromatic heterocycles. The molecule has 0 aliphatic heterocycles. The highest BCUT2D eigenvalue weighted by Crippen LogP contribution is 2.32. The fourth-order valence-corrected chi connectivity index (χ4v) is 2.74. The van der Waals surface area contributed by atoms with Gasteiger partial charge in [-0.1, -0.05) is 12.0 Å². The van der Waals surface area contributed by atoms with Gasteiger partial charge in [0.2, 0.25) is 0 Å². The van der Waals surface area contributed by atoms with Crippen molar-refractivity contribution in [3.8, 4) is 23.8 Å². The average molecular weight is 329 g/mol. The van der Waals surface area contributed by atoms with Crippen LogP contribution in [0.5, 0.6) is 11.5 Å². The highest BCUT2D eigenvalue weighted by Gasteiger charge is 2.18. The number of nitrogens with one attached hydrogen (secondary N) is 2. The van der Waals surface area contributed by atoms with E-state index in [4.69, 9.17) is 15.9 Å². The van der Waals surface area contributed by atoms with Crippen molar-refractivity contribution >= 4 is 5.96 Å². The van der Waals surface area contributed by atoms with Crippen LogP contribution in [0.15, 0.2) is 23.2 Å². The van der Waals surface area contributed by atoms with E-state index in [1.807, 2.05) is 25.1 Å². The largest absolute Gasteiger partial charge is 0.493 e. The van der Waals surface area contributed by atoms with Crippen LogP contribution in [-0.2, 0) is 6.54 Å². The number of aliphatic imine (C=N–C) groups is 1. The Morgan fingerprint density at radius 2 is 2.08 bits per heavy atom. The van der Waals surface area contributed by atoms with E-state index in [1.165, 1.54) is 12.8 Å². The maximum atomic E-state index is 6.13. The second-order valence-corrected chi connectivity index (χ2v) is 5.76. The van der Waals surface area contributed by atoms with Gasteiger partial charge in [0.25, 0.3) is 0 Å². The SMILES string of the molecule is C#CCNC(=NCc1ccc(OC)c(OC2CCCC2)c1)NCC. The molecule has 0 saturated heterocycles. The Bertz CT molecular complexity index is 587. The minimum atomic E-state index is 0.298. The van der Waals surface area contributed by atoms with Crippen molar-refractivity contribution in [3.63, 3.8) is 0 Å². The predicted octanol–water partition coefficient (Wildman–Crippen LogP) is 2.70. The number of rotatable bonds is 7. The topological polar surface area (TPSA) is 54.9 Å². The van der Waals surface area contributed by atoms with Crippen LogP contribution < -0.4 is 20.1 Å². The number of terminal acetylenes is 1. The van der Waals surface area contributed by atoms with E-state index in [1.54, 1.807) is 7.11 Å². The Hall–Kier alpha value is -2.35. The van der Waals surface area contributed by atoms with Gasteiger partial charge in [-0.05, 0) is 50.3 Å². The number of hydrogen-bond acceptors (Lipinski definition) is 3. The molecule has 1 aliphatic carbocycles. The summed E-state index contributed by atoms with van der Waals surface area (Å²) in [5.41, 5.74) is 1.07. The van der Waals surface area contributed by atoms with Gasteiger partial charge < -0.3 is 20.1 Å². The van der Waals surface area contributed by atoms with Crippen LogP contribution in [0.4, 0.5) is 0 Å². The number of nitrogens with zero attached hydrogens (tertiary/aromatic N) is 1. The highest BCUT2D eigenvalue weighted by atomic mass is 16.5. The Morgan fingerprint density at radius 1 is 1.29 bits per heavy atom. The minimum absolute atomic E-state index is 0.298. The van der Waals surface area contributed by atoms with Crippen molar-refractivity contribution in [2.24, 2.45) is 4.99 Å². The molecule has 1 saturated carbocycles. The summed E-state index contributed by atoms with van der Waals surface area (Å²) in [5.74, 6) is 4.84. The molecule has 5 nitrogen and oxygen atoms in total. The van der Waals surface area contributed by atoms with E-state index in [9.17, 15) is 0 Å². The zero-order chi connectivity index (χ0) is 17.2. The monoisotopic (exact) mass is 329 g/mol. The van der Waals surface area contributed by atoms with Gasteiger partial charge in [0, 0.05) is 6.54 Å². The van der Waals surface area contributed by atoms with Crippen molar-refractivity contribution in [1.29, 1.82) is 0 Å². The predicted molar refractivity (Wildman–Crippen MR) is 97.5 cm³/mol. The molecule has 1 aromatic rings. The third-order valence-corrected chi connectivity index (χ3v) is 3.95. The summed E-state index contributed by atoms with van der Waals surface area (Å²) in [7, 11) is 1.67. The molecule has 1 aliphatic rings. The van der Waals surface area contributed by atoms with Crippen LogP contribution >= 0.6 is 0 Å². The number of benzene rings is 1. The quantitative estimate of drug-likeness (QED) is 0.459. The van der Waals surface area contributed by atoms with E-state index in [0.29, 0.717) is 25.2 Å². The summed E-state index contributed by atoms with van der Waals surface area (Å²) in [6, 6.07) is 5.97. The molecule has 0 atom stereocenters. The summed E-state index contributed by atoms with van der Waals surface area (Å²) < 4.78 is 11.5. The maximum Gasteiger partial charge on any atom is 0.192 e. The van der Waals surface area contributed by atoms with Crippen LogP contribution in [0, 0.1) is 12.3 Å². The molecule has 0 heterocycles. The van der Waals surface area contributed by atoms with Gasteiger partial charge in [-0.25, -0.2) is 4.99 Å². The molecule has 1 aromatic carbocycles. The lowest BCUT2D eigenvalue weighted by molar-refractivity contribution is 0.200. The third kappa shape index (κ3) is 5.38. The molecule has 130 valence electrons. The van der Waals surface area contributed by atoms with Gasteiger partial charge in [-0.15, -0.1) is 6.42 Å². The van der Waals surface area contributed by atoms with E-state index >= 15 is 0 Å². The lowest BCUT2D eigenvalue weighted by Gasteiger charge is -2.16. The van der Waals surface area contributed by atoms with Gasteiger partial charge in [0.1, 0.15) is 0 Å². The third-order valence-electron chi connectivity index (χ3n) is 3.95.